The zero-order valence-corrected chi connectivity index (χ0v) is 18.8. The monoisotopic (exact) mass is 474 g/mol. The van der Waals surface area contributed by atoms with Crippen LogP contribution in [0.25, 0.3) is 0 Å². The van der Waals surface area contributed by atoms with Gasteiger partial charge in [-0.15, -0.1) is 24.0 Å². The van der Waals surface area contributed by atoms with Crippen LogP contribution in [0.4, 0.5) is 0 Å². The SMILES string of the molecule is CCNC(=NCC1CCN(CC)C1)N1CCC(C)C(n2ccnc2)C1.I. The molecular formula is C19H35IN6. The molecule has 1 aromatic rings. The van der Waals surface area contributed by atoms with Gasteiger partial charge in [0.1, 0.15) is 0 Å². The molecule has 0 radical (unpaired) electrons. The topological polar surface area (TPSA) is 48.7 Å². The second-order valence-corrected chi connectivity index (χ2v) is 7.53. The van der Waals surface area contributed by atoms with Crippen LogP contribution in [0.3, 0.4) is 0 Å². The third-order valence-electron chi connectivity index (χ3n) is 5.78. The van der Waals surface area contributed by atoms with Gasteiger partial charge in [-0.3, -0.25) is 4.99 Å². The van der Waals surface area contributed by atoms with E-state index in [1.165, 1.54) is 25.9 Å². The molecule has 7 heteroatoms. The predicted octanol–water partition coefficient (Wildman–Crippen LogP) is 2.69. The van der Waals surface area contributed by atoms with Gasteiger partial charge in [0.2, 0.25) is 0 Å². The molecule has 2 saturated heterocycles. The van der Waals surface area contributed by atoms with Gasteiger partial charge in [-0.05, 0) is 44.7 Å². The first-order valence-electron chi connectivity index (χ1n) is 9.94. The minimum Gasteiger partial charge on any atom is -0.357 e. The smallest absolute Gasteiger partial charge is 0.193 e. The lowest BCUT2D eigenvalue weighted by Gasteiger charge is -2.39. The third-order valence-corrected chi connectivity index (χ3v) is 5.78. The molecule has 3 unspecified atom stereocenters. The zero-order valence-electron chi connectivity index (χ0n) is 16.5. The van der Waals surface area contributed by atoms with Crippen LogP contribution in [0, 0.1) is 11.8 Å². The van der Waals surface area contributed by atoms with Crippen LogP contribution in [-0.2, 0) is 0 Å². The second kappa shape index (κ2) is 10.5. The van der Waals surface area contributed by atoms with Crippen molar-refractivity contribution in [2.75, 3.05) is 45.8 Å². The lowest BCUT2D eigenvalue weighted by Crippen LogP contribution is -2.49. The Morgan fingerprint density at radius 2 is 2.08 bits per heavy atom. The highest BCUT2D eigenvalue weighted by Gasteiger charge is 2.29. The van der Waals surface area contributed by atoms with Gasteiger partial charge >= 0.3 is 0 Å². The Labute approximate surface area is 175 Å². The summed E-state index contributed by atoms with van der Waals surface area (Å²) in [5.74, 6) is 2.47. The minimum atomic E-state index is 0. The number of likely N-dealkylation sites (tertiary alicyclic amines) is 2. The molecule has 1 N–H and O–H groups in total. The molecule has 0 amide bonds. The van der Waals surface area contributed by atoms with Gasteiger partial charge in [-0.25, -0.2) is 4.98 Å². The molecule has 0 aliphatic carbocycles. The van der Waals surface area contributed by atoms with Gasteiger partial charge in [0, 0.05) is 45.1 Å². The number of aromatic nitrogens is 2. The minimum absolute atomic E-state index is 0. The van der Waals surface area contributed by atoms with E-state index in [1.54, 1.807) is 0 Å². The maximum atomic E-state index is 5.01. The maximum Gasteiger partial charge on any atom is 0.193 e. The highest BCUT2D eigenvalue weighted by molar-refractivity contribution is 14.0. The van der Waals surface area contributed by atoms with Gasteiger partial charge in [0.05, 0.1) is 12.4 Å². The summed E-state index contributed by atoms with van der Waals surface area (Å²) < 4.78 is 2.26. The number of hydrogen-bond acceptors (Lipinski definition) is 3. The van der Waals surface area contributed by atoms with E-state index in [0.29, 0.717) is 17.9 Å². The van der Waals surface area contributed by atoms with Crippen molar-refractivity contribution in [3.8, 4) is 0 Å². The summed E-state index contributed by atoms with van der Waals surface area (Å²) in [6.45, 7) is 14.3. The number of imidazole rings is 1. The van der Waals surface area contributed by atoms with E-state index >= 15 is 0 Å². The largest absolute Gasteiger partial charge is 0.357 e. The van der Waals surface area contributed by atoms with Crippen molar-refractivity contribution in [3.05, 3.63) is 18.7 Å². The van der Waals surface area contributed by atoms with Crippen LogP contribution in [0.5, 0.6) is 0 Å². The Balaban J connectivity index is 0.00000243. The average molecular weight is 474 g/mol. The van der Waals surface area contributed by atoms with E-state index in [2.05, 4.69) is 51.6 Å². The van der Waals surface area contributed by atoms with Crippen LogP contribution in [-0.4, -0.2) is 71.1 Å². The average Bonchev–Trinajstić information content (AvgIpc) is 3.31. The molecule has 2 aliphatic rings. The van der Waals surface area contributed by atoms with Crippen molar-refractivity contribution in [1.29, 1.82) is 0 Å². The molecule has 6 nitrogen and oxygen atoms in total. The highest BCUT2D eigenvalue weighted by Crippen LogP contribution is 2.27. The van der Waals surface area contributed by atoms with Gasteiger partial charge in [0.15, 0.2) is 5.96 Å². The maximum absolute atomic E-state index is 5.01. The fourth-order valence-corrected chi connectivity index (χ4v) is 4.09. The fraction of sp³-hybridized carbons (Fsp3) is 0.789. The van der Waals surface area contributed by atoms with Gasteiger partial charge < -0.3 is 19.7 Å². The molecule has 0 bridgehead atoms. The van der Waals surface area contributed by atoms with E-state index in [4.69, 9.17) is 4.99 Å². The van der Waals surface area contributed by atoms with Gasteiger partial charge in [-0.1, -0.05) is 13.8 Å². The molecule has 148 valence electrons. The Hall–Kier alpha value is -0.830. The zero-order chi connectivity index (χ0) is 17.6. The highest BCUT2D eigenvalue weighted by atomic mass is 127. The molecule has 3 rings (SSSR count). The molecule has 0 spiro atoms. The van der Waals surface area contributed by atoms with E-state index < -0.39 is 0 Å². The third kappa shape index (κ3) is 5.34. The molecule has 2 fully saturated rings. The van der Waals surface area contributed by atoms with E-state index in [9.17, 15) is 0 Å². The Kier molecular flexibility index (Phi) is 8.66. The van der Waals surface area contributed by atoms with Gasteiger partial charge in [0.25, 0.3) is 0 Å². The van der Waals surface area contributed by atoms with Crippen molar-refractivity contribution in [3.63, 3.8) is 0 Å². The van der Waals surface area contributed by atoms with Crippen molar-refractivity contribution in [2.45, 2.75) is 39.7 Å². The van der Waals surface area contributed by atoms with Crippen molar-refractivity contribution >= 4 is 29.9 Å². The lowest BCUT2D eigenvalue weighted by atomic mass is 9.93. The molecule has 2 aliphatic heterocycles. The number of rotatable bonds is 5. The summed E-state index contributed by atoms with van der Waals surface area (Å²) in [4.78, 5) is 14.2. The fourth-order valence-electron chi connectivity index (χ4n) is 4.09. The Bertz CT molecular complexity index is 546. The lowest BCUT2D eigenvalue weighted by molar-refractivity contribution is 0.189. The number of aliphatic imine (C=N–C) groups is 1. The van der Waals surface area contributed by atoms with Crippen LogP contribution in [0.1, 0.15) is 39.7 Å². The number of guanidine groups is 1. The molecule has 0 saturated carbocycles. The summed E-state index contributed by atoms with van der Waals surface area (Å²) in [5, 5.41) is 3.52. The standard InChI is InChI=1S/C19H34N6.HI/c1-4-21-19(22-12-17-7-9-23(5-2)13-17)24-10-6-16(3)18(14-24)25-11-8-20-15-25;/h8,11,15-18H,4-7,9-10,12-14H2,1-3H3,(H,21,22);1H. The number of nitrogens with zero attached hydrogens (tertiary/aromatic N) is 5. The normalized spacial score (nSPS) is 27.4. The van der Waals surface area contributed by atoms with E-state index in [-0.39, 0.29) is 24.0 Å². The van der Waals surface area contributed by atoms with Crippen LogP contribution < -0.4 is 5.32 Å². The summed E-state index contributed by atoms with van der Waals surface area (Å²) in [6.07, 6.45) is 8.40. The van der Waals surface area contributed by atoms with E-state index in [0.717, 1.165) is 38.7 Å². The number of piperidine rings is 1. The summed E-state index contributed by atoms with van der Waals surface area (Å²) in [7, 11) is 0. The predicted molar refractivity (Wildman–Crippen MR) is 118 cm³/mol. The van der Waals surface area contributed by atoms with Crippen LogP contribution in [0.2, 0.25) is 0 Å². The number of hydrogen-bond donors (Lipinski definition) is 1. The van der Waals surface area contributed by atoms with Crippen LogP contribution in [0.15, 0.2) is 23.7 Å². The molecule has 1 aromatic heterocycles. The van der Waals surface area contributed by atoms with Crippen LogP contribution >= 0.6 is 24.0 Å². The quantitative estimate of drug-likeness (QED) is 0.405. The molecule has 3 heterocycles. The summed E-state index contributed by atoms with van der Waals surface area (Å²) in [5.41, 5.74) is 0. The first-order valence-corrected chi connectivity index (χ1v) is 9.94. The first kappa shape index (κ1) is 21.5. The number of halogens is 1. The molecular weight excluding hydrogens is 439 g/mol. The second-order valence-electron chi connectivity index (χ2n) is 7.53. The molecule has 0 aromatic carbocycles. The molecule has 3 atom stereocenters. The van der Waals surface area contributed by atoms with Gasteiger partial charge in [-0.2, -0.15) is 0 Å². The molecule has 26 heavy (non-hydrogen) atoms. The van der Waals surface area contributed by atoms with E-state index in [1.807, 2.05) is 12.5 Å². The summed E-state index contributed by atoms with van der Waals surface area (Å²) >= 11 is 0. The Morgan fingerprint density at radius 3 is 2.73 bits per heavy atom. The Morgan fingerprint density at radius 1 is 1.23 bits per heavy atom. The summed E-state index contributed by atoms with van der Waals surface area (Å²) in [6, 6.07) is 0.474. The first-order chi connectivity index (χ1) is 12.2. The van der Waals surface area contributed by atoms with Crippen molar-refractivity contribution in [2.24, 2.45) is 16.8 Å². The van der Waals surface area contributed by atoms with Crippen molar-refractivity contribution in [1.82, 2.24) is 24.7 Å². The number of nitrogens with one attached hydrogen (secondary N) is 1. The van der Waals surface area contributed by atoms with Crippen molar-refractivity contribution < 1.29 is 0 Å².